The molecule has 0 aromatic carbocycles. The maximum Gasteiger partial charge on any atom is 0.274 e. The van der Waals surface area contributed by atoms with Crippen molar-refractivity contribution in [1.29, 1.82) is 0 Å². The van der Waals surface area contributed by atoms with Gasteiger partial charge in [-0.15, -0.1) is 0 Å². The molecule has 0 saturated carbocycles. The van der Waals surface area contributed by atoms with Gasteiger partial charge in [0.25, 0.3) is 5.91 Å². The van der Waals surface area contributed by atoms with Crippen LogP contribution in [-0.4, -0.2) is 22.9 Å². The molecular formula is C11H10BrN3O. The van der Waals surface area contributed by atoms with Crippen LogP contribution in [0.1, 0.15) is 10.5 Å². The van der Waals surface area contributed by atoms with E-state index in [0.717, 1.165) is 5.69 Å². The fraction of sp³-hybridized carbons (Fsp3) is 0.0909. The summed E-state index contributed by atoms with van der Waals surface area (Å²) in [6.45, 7) is 0. The predicted molar refractivity (Wildman–Crippen MR) is 65.5 cm³/mol. The molecule has 0 aliphatic heterocycles. The maximum absolute atomic E-state index is 12.0. The molecule has 0 bridgehead atoms. The van der Waals surface area contributed by atoms with Gasteiger partial charge in [-0.2, -0.15) is 0 Å². The topological polar surface area (TPSA) is 49.0 Å². The van der Waals surface area contributed by atoms with Crippen LogP contribution >= 0.6 is 15.9 Å². The number of H-pyrrole nitrogens is 1. The zero-order valence-electron chi connectivity index (χ0n) is 8.64. The van der Waals surface area contributed by atoms with E-state index in [9.17, 15) is 4.79 Å². The molecule has 2 aromatic rings. The fourth-order valence-corrected chi connectivity index (χ4v) is 1.90. The summed E-state index contributed by atoms with van der Waals surface area (Å²) in [7, 11) is 1.71. The molecule has 0 saturated heterocycles. The lowest BCUT2D eigenvalue weighted by Crippen LogP contribution is -2.26. The first-order valence-electron chi connectivity index (χ1n) is 4.72. The average Bonchev–Trinajstić information content (AvgIpc) is 2.81. The summed E-state index contributed by atoms with van der Waals surface area (Å²) in [5.41, 5.74) is 1.29. The number of pyridine rings is 1. The van der Waals surface area contributed by atoms with Crippen molar-refractivity contribution >= 4 is 27.5 Å². The summed E-state index contributed by atoms with van der Waals surface area (Å²) in [5, 5.41) is 0. The van der Waals surface area contributed by atoms with E-state index in [0.29, 0.717) is 10.3 Å². The predicted octanol–water partition coefficient (Wildman–Crippen LogP) is 2.45. The summed E-state index contributed by atoms with van der Waals surface area (Å²) >= 11 is 3.31. The number of amides is 1. The third kappa shape index (κ3) is 1.99. The minimum Gasteiger partial charge on any atom is -0.357 e. The molecule has 0 aliphatic carbocycles. The molecule has 0 fully saturated rings. The Bertz CT molecular complexity index is 496. The van der Waals surface area contributed by atoms with Gasteiger partial charge in [-0.1, -0.05) is 0 Å². The van der Waals surface area contributed by atoms with Crippen molar-refractivity contribution in [3.63, 3.8) is 0 Å². The van der Waals surface area contributed by atoms with Gasteiger partial charge < -0.3 is 9.88 Å². The van der Waals surface area contributed by atoms with Crippen LogP contribution in [0, 0.1) is 0 Å². The molecule has 0 radical (unpaired) electrons. The molecule has 0 aliphatic rings. The minimum atomic E-state index is -0.0984. The minimum absolute atomic E-state index is 0.0984. The monoisotopic (exact) mass is 279 g/mol. The van der Waals surface area contributed by atoms with Crippen molar-refractivity contribution in [2.75, 3.05) is 11.9 Å². The molecule has 5 heteroatoms. The van der Waals surface area contributed by atoms with E-state index in [-0.39, 0.29) is 5.91 Å². The van der Waals surface area contributed by atoms with Crippen LogP contribution in [0.2, 0.25) is 0 Å². The lowest BCUT2D eigenvalue weighted by Gasteiger charge is -2.17. The highest BCUT2D eigenvalue weighted by Gasteiger charge is 2.16. The van der Waals surface area contributed by atoms with Gasteiger partial charge in [0.15, 0.2) is 0 Å². The highest BCUT2D eigenvalue weighted by Crippen LogP contribution is 2.23. The maximum atomic E-state index is 12.0. The molecule has 82 valence electrons. The number of aromatic amines is 1. The van der Waals surface area contributed by atoms with Crippen molar-refractivity contribution in [2.45, 2.75) is 0 Å². The van der Waals surface area contributed by atoms with Gasteiger partial charge in [-0.3, -0.25) is 4.79 Å². The normalized spacial score (nSPS) is 10.1. The van der Waals surface area contributed by atoms with E-state index in [1.165, 1.54) is 0 Å². The Hall–Kier alpha value is -1.62. The van der Waals surface area contributed by atoms with E-state index < -0.39 is 0 Å². The zero-order valence-corrected chi connectivity index (χ0v) is 10.2. The van der Waals surface area contributed by atoms with Crippen molar-refractivity contribution < 1.29 is 4.79 Å². The molecule has 2 heterocycles. The SMILES string of the molecule is CN(C(=O)c1ccc[nH]1)c1cccnc1Br. The molecule has 1 N–H and O–H groups in total. The first-order valence-corrected chi connectivity index (χ1v) is 5.51. The smallest absolute Gasteiger partial charge is 0.274 e. The number of aromatic nitrogens is 2. The first-order chi connectivity index (χ1) is 7.70. The molecule has 16 heavy (non-hydrogen) atoms. The van der Waals surface area contributed by atoms with Gasteiger partial charge >= 0.3 is 0 Å². The summed E-state index contributed by atoms with van der Waals surface area (Å²) in [4.78, 5) is 20.5. The van der Waals surface area contributed by atoms with Gasteiger partial charge in [0.1, 0.15) is 10.3 Å². The van der Waals surface area contributed by atoms with Gasteiger partial charge in [-0.25, -0.2) is 4.98 Å². The Kier molecular flexibility index (Phi) is 3.05. The molecule has 0 atom stereocenters. The number of nitrogens with one attached hydrogen (secondary N) is 1. The van der Waals surface area contributed by atoms with Gasteiger partial charge in [0.2, 0.25) is 0 Å². The Balaban J connectivity index is 2.30. The Labute approximate surface area is 101 Å². The molecule has 2 rings (SSSR count). The van der Waals surface area contributed by atoms with E-state index in [2.05, 4.69) is 25.9 Å². The van der Waals surface area contributed by atoms with Crippen LogP contribution in [0.15, 0.2) is 41.3 Å². The van der Waals surface area contributed by atoms with Crippen molar-refractivity contribution in [1.82, 2.24) is 9.97 Å². The second kappa shape index (κ2) is 4.49. The highest BCUT2D eigenvalue weighted by atomic mass is 79.9. The summed E-state index contributed by atoms with van der Waals surface area (Å²) in [5.74, 6) is -0.0984. The molecule has 0 spiro atoms. The Morgan fingerprint density at radius 3 is 2.88 bits per heavy atom. The molecule has 1 amide bonds. The van der Waals surface area contributed by atoms with Crippen LogP contribution in [0.5, 0.6) is 0 Å². The number of rotatable bonds is 2. The first kappa shape index (κ1) is 10.9. The second-order valence-electron chi connectivity index (χ2n) is 3.26. The Morgan fingerprint density at radius 1 is 1.44 bits per heavy atom. The number of hydrogen-bond acceptors (Lipinski definition) is 2. The van der Waals surface area contributed by atoms with E-state index >= 15 is 0 Å². The van der Waals surface area contributed by atoms with Crippen molar-refractivity contribution in [2.24, 2.45) is 0 Å². The number of carbonyl (C=O) groups excluding carboxylic acids is 1. The number of anilines is 1. The molecular weight excluding hydrogens is 270 g/mol. The molecule has 2 aromatic heterocycles. The second-order valence-corrected chi connectivity index (χ2v) is 4.01. The van der Waals surface area contributed by atoms with Gasteiger partial charge in [0, 0.05) is 19.4 Å². The van der Waals surface area contributed by atoms with Crippen molar-refractivity contribution in [3.05, 3.63) is 47.0 Å². The lowest BCUT2D eigenvalue weighted by atomic mass is 10.3. The molecule has 0 unspecified atom stereocenters. The largest absolute Gasteiger partial charge is 0.357 e. The summed E-state index contributed by atoms with van der Waals surface area (Å²) in [6, 6.07) is 7.15. The molecule has 4 nitrogen and oxygen atoms in total. The van der Waals surface area contributed by atoms with Crippen LogP contribution < -0.4 is 4.90 Å². The Morgan fingerprint density at radius 2 is 2.25 bits per heavy atom. The van der Waals surface area contributed by atoms with E-state index in [1.54, 1.807) is 42.5 Å². The van der Waals surface area contributed by atoms with Gasteiger partial charge in [-0.05, 0) is 40.2 Å². The standard InChI is InChI=1S/C11H10BrN3O/c1-15(9-5-3-7-14-10(9)12)11(16)8-4-2-6-13-8/h2-7,13H,1H3. The van der Waals surface area contributed by atoms with Crippen molar-refractivity contribution in [3.8, 4) is 0 Å². The van der Waals surface area contributed by atoms with E-state index in [1.807, 2.05) is 6.07 Å². The number of carbonyl (C=O) groups is 1. The quantitative estimate of drug-likeness (QED) is 0.859. The summed E-state index contributed by atoms with van der Waals surface area (Å²) in [6.07, 6.45) is 3.39. The zero-order chi connectivity index (χ0) is 11.5. The van der Waals surface area contributed by atoms with E-state index in [4.69, 9.17) is 0 Å². The van der Waals surface area contributed by atoms with Crippen LogP contribution in [0.3, 0.4) is 0 Å². The fourth-order valence-electron chi connectivity index (χ4n) is 1.38. The third-order valence-corrected chi connectivity index (χ3v) is 2.84. The summed E-state index contributed by atoms with van der Waals surface area (Å²) < 4.78 is 0.650. The lowest BCUT2D eigenvalue weighted by molar-refractivity contribution is 0.0988. The number of halogens is 1. The van der Waals surface area contributed by atoms with Crippen LogP contribution in [-0.2, 0) is 0 Å². The highest BCUT2D eigenvalue weighted by molar-refractivity contribution is 9.10. The average molecular weight is 280 g/mol. The number of nitrogens with zero attached hydrogens (tertiary/aromatic N) is 2. The van der Waals surface area contributed by atoms with Gasteiger partial charge in [0.05, 0.1) is 5.69 Å². The third-order valence-electron chi connectivity index (χ3n) is 2.23. The van der Waals surface area contributed by atoms with Crippen LogP contribution in [0.4, 0.5) is 5.69 Å². The van der Waals surface area contributed by atoms with Crippen LogP contribution in [0.25, 0.3) is 0 Å². The number of hydrogen-bond donors (Lipinski definition) is 1.